The van der Waals surface area contributed by atoms with Crippen molar-refractivity contribution >= 4 is 31.9 Å². The highest BCUT2D eigenvalue weighted by Crippen LogP contribution is 2.07. The monoisotopic (exact) mass is 310 g/mol. The largest absolute Gasteiger partial charge is 0.396 e. The molecule has 5 heteroatoms. The highest BCUT2D eigenvalue weighted by atomic mass is 79.9. The second-order valence-corrected chi connectivity index (χ2v) is 3.87. The minimum atomic E-state index is 0.344. The van der Waals surface area contributed by atoms with Crippen LogP contribution >= 0.6 is 31.9 Å². The van der Waals surface area contributed by atoms with E-state index in [4.69, 9.17) is 5.11 Å². The van der Waals surface area contributed by atoms with Crippen LogP contribution in [-0.4, -0.2) is 21.7 Å². The maximum atomic E-state index is 8.07. The average molecular weight is 312 g/mol. The number of nitrogens with zero attached hydrogens (tertiary/aromatic N) is 2. The Kier molecular flexibility index (Phi) is 8.59. The second kappa shape index (κ2) is 8.59. The normalized spacial score (nSPS) is 8.92. The molecule has 0 aliphatic carbocycles. The summed E-state index contributed by atoms with van der Waals surface area (Å²) in [6.07, 6.45) is 5.30. The topological polar surface area (TPSA) is 46.0 Å². The Morgan fingerprint density at radius 3 is 2.00 bits per heavy atom. The maximum Gasteiger partial charge on any atom is 0.125 e. The van der Waals surface area contributed by atoms with Crippen LogP contribution in [0.2, 0.25) is 0 Å². The number of aromatic nitrogens is 2. The Balaban J connectivity index is 0.000000252. The number of unbranched alkanes of at least 4 members (excludes halogenated alkanes) is 1. The van der Waals surface area contributed by atoms with E-state index >= 15 is 0 Å². The van der Waals surface area contributed by atoms with Crippen molar-refractivity contribution in [1.29, 1.82) is 0 Å². The molecule has 1 rings (SSSR count). The zero-order chi connectivity index (χ0) is 10.1. The summed E-state index contributed by atoms with van der Waals surface area (Å²) in [4.78, 5) is 7.77. The fourth-order valence-electron chi connectivity index (χ4n) is 0.478. The van der Waals surface area contributed by atoms with E-state index in [2.05, 4.69) is 48.8 Å². The minimum absolute atomic E-state index is 0.344. The Hall–Kier alpha value is -0.0000000000000000763. The number of aliphatic hydroxyl groups is 1. The molecule has 1 aromatic heterocycles. The van der Waals surface area contributed by atoms with Crippen LogP contribution < -0.4 is 0 Å². The molecule has 0 saturated heterocycles. The number of rotatable bonds is 2. The maximum absolute atomic E-state index is 8.07. The first-order chi connectivity index (χ1) is 6.20. The predicted octanol–water partition coefficient (Wildman–Crippen LogP) is 2.78. The molecule has 1 N–H and O–H groups in total. The van der Waals surface area contributed by atoms with E-state index in [0.29, 0.717) is 6.61 Å². The van der Waals surface area contributed by atoms with Crippen molar-refractivity contribution in [1.82, 2.24) is 9.97 Å². The SMILES string of the molecule is Brc1cncc(Br)n1.CCCCO. The first-order valence-corrected chi connectivity index (χ1v) is 5.53. The zero-order valence-electron chi connectivity index (χ0n) is 7.37. The van der Waals surface area contributed by atoms with Crippen LogP contribution in [0, 0.1) is 0 Å². The van der Waals surface area contributed by atoms with Gasteiger partial charge in [0.25, 0.3) is 0 Å². The van der Waals surface area contributed by atoms with Gasteiger partial charge in [-0.1, -0.05) is 13.3 Å². The molecule has 0 unspecified atom stereocenters. The molecule has 13 heavy (non-hydrogen) atoms. The molecule has 0 radical (unpaired) electrons. The van der Waals surface area contributed by atoms with Gasteiger partial charge in [-0.2, -0.15) is 0 Å². The third-order valence-corrected chi connectivity index (χ3v) is 1.85. The first-order valence-electron chi connectivity index (χ1n) is 3.94. The molecule has 0 aliphatic heterocycles. The van der Waals surface area contributed by atoms with Crippen LogP contribution in [-0.2, 0) is 0 Å². The lowest BCUT2D eigenvalue weighted by Gasteiger charge is -1.86. The summed E-state index contributed by atoms with van der Waals surface area (Å²) in [6.45, 7) is 2.40. The van der Waals surface area contributed by atoms with Gasteiger partial charge in [0, 0.05) is 6.61 Å². The van der Waals surface area contributed by atoms with Gasteiger partial charge in [-0.3, -0.25) is 4.98 Å². The molecule has 1 aromatic rings. The van der Waals surface area contributed by atoms with Crippen molar-refractivity contribution in [3.05, 3.63) is 21.6 Å². The molecule has 0 spiro atoms. The van der Waals surface area contributed by atoms with Crippen molar-refractivity contribution < 1.29 is 5.11 Å². The Bertz CT molecular complexity index is 214. The summed E-state index contributed by atoms with van der Waals surface area (Å²) in [7, 11) is 0. The lowest BCUT2D eigenvalue weighted by atomic mass is 10.4. The summed E-state index contributed by atoms with van der Waals surface area (Å²) in [5, 5.41) is 8.07. The molecule has 0 aromatic carbocycles. The van der Waals surface area contributed by atoms with Gasteiger partial charge in [-0.15, -0.1) is 0 Å². The lowest BCUT2D eigenvalue weighted by Crippen LogP contribution is -1.77. The van der Waals surface area contributed by atoms with Crippen molar-refractivity contribution in [3.63, 3.8) is 0 Å². The minimum Gasteiger partial charge on any atom is -0.396 e. The van der Waals surface area contributed by atoms with E-state index in [0.717, 1.165) is 22.0 Å². The van der Waals surface area contributed by atoms with Crippen molar-refractivity contribution in [2.24, 2.45) is 0 Å². The fourth-order valence-corrected chi connectivity index (χ4v) is 1.33. The first kappa shape index (κ1) is 13.0. The number of aliphatic hydroxyl groups excluding tert-OH is 1. The van der Waals surface area contributed by atoms with Gasteiger partial charge in [0.1, 0.15) is 9.21 Å². The van der Waals surface area contributed by atoms with E-state index in [9.17, 15) is 0 Å². The van der Waals surface area contributed by atoms with E-state index < -0.39 is 0 Å². The van der Waals surface area contributed by atoms with Crippen molar-refractivity contribution in [2.45, 2.75) is 19.8 Å². The molecule has 0 bridgehead atoms. The molecular formula is C8H12Br2N2O. The number of hydrogen-bond acceptors (Lipinski definition) is 3. The molecule has 0 saturated carbocycles. The van der Waals surface area contributed by atoms with Crippen molar-refractivity contribution in [3.8, 4) is 0 Å². The molecule has 1 heterocycles. The fraction of sp³-hybridized carbons (Fsp3) is 0.500. The predicted molar refractivity (Wildman–Crippen MR) is 59.4 cm³/mol. The highest BCUT2D eigenvalue weighted by molar-refractivity contribution is 9.11. The summed E-state index contributed by atoms with van der Waals surface area (Å²) >= 11 is 6.32. The third kappa shape index (κ3) is 8.33. The molecule has 74 valence electrons. The molecule has 0 amide bonds. The molecule has 0 aliphatic rings. The van der Waals surface area contributed by atoms with Gasteiger partial charge >= 0.3 is 0 Å². The molecular weight excluding hydrogens is 300 g/mol. The van der Waals surface area contributed by atoms with Crippen LogP contribution in [0.1, 0.15) is 19.8 Å². The molecule has 3 nitrogen and oxygen atoms in total. The zero-order valence-corrected chi connectivity index (χ0v) is 10.5. The van der Waals surface area contributed by atoms with Gasteiger partial charge in [0.05, 0.1) is 12.4 Å². The lowest BCUT2D eigenvalue weighted by molar-refractivity contribution is 0.287. The highest BCUT2D eigenvalue weighted by Gasteiger charge is 1.87. The second-order valence-electron chi connectivity index (χ2n) is 2.24. The molecule has 0 atom stereocenters. The standard InChI is InChI=1S/C4H2Br2N2.C4H10O/c5-3-1-7-2-4(6)8-3;1-2-3-4-5/h1-2H;5H,2-4H2,1H3. The average Bonchev–Trinajstić information content (AvgIpc) is 2.06. The Morgan fingerprint density at radius 1 is 1.31 bits per heavy atom. The van der Waals surface area contributed by atoms with E-state index in [1.54, 1.807) is 12.4 Å². The van der Waals surface area contributed by atoms with E-state index in [1.807, 2.05) is 0 Å². The molecule has 0 fully saturated rings. The van der Waals surface area contributed by atoms with Crippen LogP contribution in [0.4, 0.5) is 0 Å². The van der Waals surface area contributed by atoms with Gasteiger partial charge in [0.15, 0.2) is 0 Å². The van der Waals surface area contributed by atoms with Gasteiger partial charge in [0.2, 0.25) is 0 Å². The van der Waals surface area contributed by atoms with E-state index in [-0.39, 0.29) is 0 Å². The summed E-state index contributed by atoms with van der Waals surface area (Å²) < 4.78 is 1.48. The van der Waals surface area contributed by atoms with Crippen LogP contribution in [0.3, 0.4) is 0 Å². The van der Waals surface area contributed by atoms with Crippen LogP contribution in [0.5, 0.6) is 0 Å². The number of halogens is 2. The van der Waals surface area contributed by atoms with Crippen molar-refractivity contribution in [2.75, 3.05) is 6.61 Å². The van der Waals surface area contributed by atoms with E-state index in [1.165, 1.54) is 0 Å². The summed E-state index contributed by atoms with van der Waals surface area (Å²) in [5.41, 5.74) is 0. The smallest absolute Gasteiger partial charge is 0.125 e. The van der Waals surface area contributed by atoms with Gasteiger partial charge < -0.3 is 5.11 Å². The van der Waals surface area contributed by atoms with Gasteiger partial charge in [-0.05, 0) is 38.3 Å². The Labute approximate surface area is 94.9 Å². The summed E-state index contributed by atoms with van der Waals surface area (Å²) in [5.74, 6) is 0. The van der Waals surface area contributed by atoms with Crippen LogP contribution in [0.15, 0.2) is 21.6 Å². The summed E-state index contributed by atoms with van der Waals surface area (Å²) in [6, 6.07) is 0. The Morgan fingerprint density at radius 2 is 1.85 bits per heavy atom. The third-order valence-electron chi connectivity index (χ3n) is 1.09. The van der Waals surface area contributed by atoms with Crippen LogP contribution in [0.25, 0.3) is 0 Å². The van der Waals surface area contributed by atoms with Gasteiger partial charge in [-0.25, -0.2) is 4.98 Å². The number of hydrogen-bond donors (Lipinski definition) is 1. The quantitative estimate of drug-likeness (QED) is 0.913.